The zero-order valence-corrected chi connectivity index (χ0v) is 13.4. The molecule has 1 atom stereocenters. The highest BCUT2D eigenvalue weighted by Gasteiger charge is 2.09. The number of esters is 1. The third-order valence-corrected chi connectivity index (χ3v) is 2.91. The minimum atomic E-state index is -0.343. The van der Waals surface area contributed by atoms with Gasteiger partial charge in [0, 0.05) is 12.1 Å². The van der Waals surface area contributed by atoms with Crippen LogP contribution in [0.1, 0.15) is 32.8 Å². The molecule has 21 heavy (non-hydrogen) atoms. The van der Waals surface area contributed by atoms with Crippen molar-refractivity contribution >= 4 is 12.0 Å². The Kier molecular flexibility index (Phi) is 6.79. The minimum absolute atomic E-state index is 0.0815. The van der Waals surface area contributed by atoms with Gasteiger partial charge in [-0.15, -0.1) is 0 Å². The van der Waals surface area contributed by atoms with E-state index in [-0.39, 0.29) is 12.1 Å². The quantitative estimate of drug-likeness (QED) is 0.568. The van der Waals surface area contributed by atoms with E-state index in [1.165, 1.54) is 6.08 Å². The Morgan fingerprint density at radius 1 is 1.10 bits per heavy atom. The van der Waals surface area contributed by atoms with E-state index in [0.717, 1.165) is 12.0 Å². The van der Waals surface area contributed by atoms with Crippen LogP contribution in [0.4, 0.5) is 0 Å². The Balaban J connectivity index is 2.69. The number of carbonyl (C=O) groups excluding carboxylic acids is 1. The average Bonchev–Trinajstić information content (AvgIpc) is 2.43. The second-order valence-corrected chi connectivity index (χ2v) is 5.36. The molecule has 0 fully saturated rings. The number of ether oxygens (including phenoxy) is 3. The van der Waals surface area contributed by atoms with E-state index in [9.17, 15) is 4.79 Å². The number of rotatable bonds is 7. The largest absolute Gasteiger partial charge is 0.497 e. The third kappa shape index (κ3) is 6.34. The second kappa shape index (κ2) is 8.35. The normalized spacial score (nSPS) is 12.5. The summed E-state index contributed by atoms with van der Waals surface area (Å²) in [6.45, 7) is 6.10. The van der Waals surface area contributed by atoms with Crippen LogP contribution in [0.25, 0.3) is 6.08 Å². The molecule has 1 aromatic carbocycles. The van der Waals surface area contributed by atoms with Crippen LogP contribution >= 0.6 is 0 Å². The monoisotopic (exact) mass is 292 g/mol. The third-order valence-electron chi connectivity index (χ3n) is 2.91. The molecule has 0 N–H and O–H groups in total. The van der Waals surface area contributed by atoms with Crippen LogP contribution in [0, 0.1) is 5.92 Å². The van der Waals surface area contributed by atoms with Crippen molar-refractivity contribution in [2.75, 3.05) is 14.2 Å². The van der Waals surface area contributed by atoms with Crippen LogP contribution in [-0.2, 0) is 9.53 Å². The van der Waals surface area contributed by atoms with Gasteiger partial charge in [-0.05, 0) is 43.0 Å². The minimum Gasteiger partial charge on any atom is -0.497 e. The molecule has 1 unspecified atom stereocenters. The van der Waals surface area contributed by atoms with Crippen molar-refractivity contribution in [2.24, 2.45) is 5.92 Å². The highest BCUT2D eigenvalue weighted by atomic mass is 16.5. The van der Waals surface area contributed by atoms with Crippen LogP contribution in [0.5, 0.6) is 11.5 Å². The van der Waals surface area contributed by atoms with Crippen molar-refractivity contribution in [3.63, 3.8) is 0 Å². The molecule has 0 bridgehead atoms. The lowest BCUT2D eigenvalue weighted by Gasteiger charge is -2.13. The van der Waals surface area contributed by atoms with Gasteiger partial charge in [-0.25, -0.2) is 4.79 Å². The molecule has 0 aliphatic carbocycles. The van der Waals surface area contributed by atoms with E-state index in [0.29, 0.717) is 17.4 Å². The first-order chi connectivity index (χ1) is 9.94. The summed E-state index contributed by atoms with van der Waals surface area (Å²) in [4.78, 5) is 11.7. The molecule has 4 nitrogen and oxygen atoms in total. The maximum absolute atomic E-state index is 11.7. The predicted molar refractivity (Wildman–Crippen MR) is 83.6 cm³/mol. The number of hydrogen-bond donors (Lipinski definition) is 0. The van der Waals surface area contributed by atoms with Crippen molar-refractivity contribution in [1.82, 2.24) is 0 Å². The summed E-state index contributed by atoms with van der Waals surface area (Å²) in [5.41, 5.74) is 0.819. The molecule has 0 spiro atoms. The Morgan fingerprint density at radius 2 is 1.67 bits per heavy atom. The van der Waals surface area contributed by atoms with E-state index in [1.807, 2.05) is 19.1 Å². The highest BCUT2D eigenvalue weighted by molar-refractivity contribution is 5.87. The molecule has 4 heteroatoms. The standard InChI is InChI=1S/C17H24O4/c1-12(2)8-13(3)21-17(18)7-6-14-9-15(19-4)11-16(10-14)20-5/h6-7,9-13H,8H2,1-5H3/b7-6+. The Morgan fingerprint density at radius 3 is 2.14 bits per heavy atom. The van der Waals surface area contributed by atoms with Gasteiger partial charge < -0.3 is 14.2 Å². The van der Waals surface area contributed by atoms with Crippen LogP contribution in [0.2, 0.25) is 0 Å². The van der Waals surface area contributed by atoms with Crippen molar-refractivity contribution in [1.29, 1.82) is 0 Å². The van der Waals surface area contributed by atoms with Crippen molar-refractivity contribution in [3.05, 3.63) is 29.8 Å². The molecular formula is C17H24O4. The van der Waals surface area contributed by atoms with Crippen LogP contribution in [-0.4, -0.2) is 26.3 Å². The van der Waals surface area contributed by atoms with E-state index < -0.39 is 0 Å². The van der Waals surface area contributed by atoms with E-state index in [2.05, 4.69) is 13.8 Å². The maximum Gasteiger partial charge on any atom is 0.331 e. The SMILES string of the molecule is COc1cc(/C=C/C(=O)OC(C)CC(C)C)cc(OC)c1. The van der Waals surface area contributed by atoms with Gasteiger partial charge in [0.15, 0.2) is 0 Å². The number of carbonyl (C=O) groups is 1. The van der Waals surface area contributed by atoms with Gasteiger partial charge >= 0.3 is 5.97 Å². The number of hydrogen-bond acceptors (Lipinski definition) is 4. The summed E-state index contributed by atoms with van der Waals surface area (Å²) in [6, 6.07) is 5.42. The van der Waals surface area contributed by atoms with Crippen LogP contribution in [0.3, 0.4) is 0 Å². The fourth-order valence-electron chi connectivity index (χ4n) is 2.04. The molecule has 1 aromatic rings. The van der Waals surface area contributed by atoms with Gasteiger partial charge in [-0.2, -0.15) is 0 Å². The zero-order chi connectivity index (χ0) is 15.8. The van der Waals surface area contributed by atoms with E-state index >= 15 is 0 Å². The fraction of sp³-hybridized carbons (Fsp3) is 0.471. The summed E-state index contributed by atoms with van der Waals surface area (Å²) in [6.07, 6.45) is 3.88. The van der Waals surface area contributed by atoms with E-state index in [1.54, 1.807) is 26.4 Å². The molecular weight excluding hydrogens is 268 g/mol. The van der Waals surface area contributed by atoms with Gasteiger partial charge in [0.2, 0.25) is 0 Å². The molecule has 0 saturated carbocycles. The topological polar surface area (TPSA) is 44.8 Å². The lowest BCUT2D eigenvalue weighted by molar-refractivity contribution is -0.142. The number of methoxy groups -OCH3 is 2. The summed E-state index contributed by atoms with van der Waals surface area (Å²) in [7, 11) is 3.17. The average molecular weight is 292 g/mol. The Bertz CT molecular complexity index is 469. The lowest BCUT2D eigenvalue weighted by atomic mass is 10.1. The van der Waals surface area contributed by atoms with Crippen molar-refractivity contribution in [3.8, 4) is 11.5 Å². The molecule has 0 amide bonds. The highest BCUT2D eigenvalue weighted by Crippen LogP contribution is 2.23. The smallest absolute Gasteiger partial charge is 0.331 e. The van der Waals surface area contributed by atoms with Crippen LogP contribution in [0.15, 0.2) is 24.3 Å². The van der Waals surface area contributed by atoms with Crippen molar-refractivity contribution in [2.45, 2.75) is 33.3 Å². The first-order valence-corrected chi connectivity index (χ1v) is 7.06. The molecule has 0 saturated heterocycles. The van der Waals surface area contributed by atoms with Crippen molar-refractivity contribution < 1.29 is 19.0 Å². The summed E-state index contributed by atoms with van der Waals surface area (Å²) in [5, 5.41) is 0. The first kappa shape index (κ1) is 17.1. The van der Waals surface area contributed by atoms with Gasteiger partial charge in [-0.1, -0.05) is 13.8 Å². The van der Waals surface area contributed by atoms with Gasteiger partial charge in [0.25, 0.3) is 0 Å². The molecule has 1 rings (SSSR count). The second-order valence-electron chi connectivity index (χ2n) is 5.36. The molecule has 0 aliphatic rings. The molecule has 0 radical (unpaired) electrons. The summed E-state index contributed by atoms with van der Waals surface area (Å²) < 4.78 is 15.7. The predicted octanol–water partition coefficient (Wildman–Crippen LogP) is 3.69. The molecule has 0 aliphatic heterocycles. The van der Waals surface area contributed by atoms with Gasteiger partial charge in [0.05, 0.1) is 20.3 Å². The number of benzene rings is 1. The Labute approximate surface area is 126 Å². The lowest BCUT2D eigenvalue weighted by Crippen LogP contribution is -2.15. The molecule has 116 valence electrons. The van der Waals surface area contributed by atoms with E-state index in [4.69, 9.17) is 14.2 Å². The summed E-state index contributed by atoms with van der Waals surface area (Å²) >= 11 is 0. The fourth-order valence-corrected chi connectivity index (χ4v) is 2.04. The van der Waals surface area contributed by atoms with Gasteiger partial charge in [-0.3, -0.25) is 0 Å². The maximum atomic E-state index is 11.7. The van der Waals surface area contributed by atoms with Crippen LogP contribution < -0.4 is 9.47 Å². The zero-order valence-electron chi connectivity index (χ0n) is 13.4. The summed E-state index contributed by atoms with van der Waals surface area (Å²) in [5.74, 6) is 1.51. The molecule has 0 aromatic heterocycles. The Hall–Kier alpha value is -1.97. The molecule has 0 heterocycles. The van der Waals surface area contributed by atoms with Gasteiger partial charge in [0.1, 0.15) is 11.5 Å². The first-order valence-electron chi connectivity index (χ1n) is 7.06.